The normalized spacial score (nSPS) is 15.0. The van der Waals surface area contributed by atoms with Crippen LogP contribution in [0.2, 0.25) is 0 Å². The minimum atomic E-state index is 0.163. The molecule has 2 heterocycles. The lowest BCUT2D eigenvalue weighted by Crippen LogP contribution is -2.30. The summed E-state index contributed by atoms with van der Waals surface area (Å²) >= 11 is 0. The highest BCUT2D eigenvalue weighted by molar-refractivity contribution is 5.94. The molecule has 0 atom stereocenters. The molecular formula is C19H23N3O2. The quantitative estimate of drug-likeness (QED) is 0.907. The molecule has 24 heavy (non-hydrogen) atoms. The number of benzene rings is 1. The molecule has 0 aliphatic carbocycles. The molecule has 0 spiro atoms. The molecule has 1 N–H and O–H groups in total. The molecule has 1 aliphatic heterocycles. The van der Waals surface area contributed by atoms with Gasteiger partial charge < -0.3 is 14.6 Å². The number of H-pyrrole nitrogens is 1. The van der Waals surface area contributed by atoms with E-state index in [1.165, 1.54) is 5.57 Å². The van der Waals surface area contributed by atoms with Crippen molar-refractivity contribution in [1.29, 1.82) is 0 Å². The average Bonchev–Trinajstić information content (AvgIpc) is 3.09. The van der Waals surface area contributed by atoms with E-state index in [4.69, 9.17) is 4.74 Å². The van der Waals surface area contributed by atoms with Crippen LogP contribution in [-0.2, 0) is 4.79 Å². The second kappa shape index (κ2) is 7.34. The van der Waals surface area contributed by atoms with Crippen LogP contribution >= 0.6 is 0 Å². The van der Waals surface area contributed by atoms with Crippen LogP contribution in [0, 0.1) is 0 Å². The highest BCUT2D eigenvalue weighted by Gasteiger charge is 2.19. The van der Waals surface area contributed by atoms with Gasteiger partial charge in [0.1, 0.15) is 5.75 Å². The number of carbonyl (C=O) groups excluding carboxylic acids is 1. The highest BCUT2D eigenvalue weighted by Crippen LogP contribution is 2.36. The number of carbonyl (C=O) groups is 1. The summed E-state index contributed by atoms with van der Waals surface area (Å²) in [7, 11) is 0. The largest absolute Gasteiger partial charge is 0.493 e. The first-order valence-corrected chi connectivity index (χ1v) is 8.49. The maximum Gasteiger partial charge on any atom is 0.226 e. The van der Waals surface area contributed by atoms with E-state index >= 15 is 0 Å². The molecule has 1 aromatic heterocycles. The van der Waals surface area contributed by atoms with E-state index in [0.29, 0.717) is 19.6 Å². The summed E-state index contributed by atoms with van der Waals surface area (Å²) in [5.41, 5.74) is 4.14. The van der Waals surface area contributed by atoms with Crippen molar-refractivity contribution in [2.45, 2.75) is 33.1 Å². The molecule has 126 valence electrons. The fourth-order valence-corrected chi connectivity index (χ4v) is 3.00. The summed E-state index contributed by atoms with van der Waals surface area (Å²) in [6.07, 6.45) is 7.83. The summed E-state index contributed by atoms with van der Waals surface area (Å²) in [6, 6.07) is 6.00. The molecule has 5 nitrogen and oxygen atoms in total. The SMILES string of the molecule is CCCC(=O)N(CC)c1ccc2c(c1)C(=Cc1cnc[nH]1)CCO2. The first-order chi connectivity index (χ1) is 11.7. The third kappa shape index (κ3) is 3.35. The summed E-state index contributed by atoms with van der Waals surface area (Å²) < 4.78 is 5.78. The molecule has 0 saturated heterocycles. The van der Waals surface area contributed by atoms with Crippen LogP contribution < -0.4 is 9.64 Å². The van der Waals surface area contributed by atoms with E-state index in [1.54, 1.807) is 12.5 Å². The van der Waals surface area contributed by atoms with Gasteiger partial charge in [0.05, 0.1) is 24.8 Å². The molecule has 5 heteroatoms. The van der Waals surface area contributed by atoms with Gasteiger partial charge in [0, 0.05) is 30.6 Å². The molecule has 1 aliphatic rings. The predicted molar refractivity (Wildman–Crippen MR) is 95.9 cm³/mol. The van der Waals surface area contributed by atoms with Crippen LogP contribution in [0.1, 0.15) is 44.4 Å². The molecule has 0 unspecified atom stereocenters. The van der Waals surface area contributed by atoms with Gasteiger partial charge in [-0.15, -0.1) is 0 Å². The zero-order chi connectivity index (χ0) is 16.9. The zero-order valence-electron chi connectivity index (χ0n) is 14.2. The summed E-state index contributed by atoms with van der Waals surface area (Å²) in [6.45, 7) is 5.36. The molecule has 1 aromatic carbocycles. The van der Waals surface area contributed by atoms with Crippen LogP contribution in [0.3, 0.4) is 0 Å². The van der Waals surface area contributed by atoms with E-state index in [2.05, 4.69) is 22.1 Å². The number of nitrogens with one attached hydrogen (secondary N) is 1. The number of hydrogen-bond acceptors (Lipinski definition) is 3. The van der Waals surface area contributed by atoms with Crippen molar-refractivity contribution in [3.63, 3.8) is 0 Å². The zero-order valence-corrected chi connectivity index (χ0v) is 14.2. The molecule has 0 bridgehead atoms. The molecule has 3 rings (SSSR count). The first kappa shape index (κ1) is 16.3. The Hall–Kier alpha value is -2.56. The van der Waals surface area contributed by atoms with Gasteiger partial charge >= 0.3 is 0 Å². The lowest BCUT2D eigenvalue weighted by Gasteiger charge is -2.25. The van der Waals surface area contributed by atoms with Gasteiger partial charge in [-0.25, -0.2) is 4.98 Å². The number of aromatic amines is 1. The van der Waals surface area contributed by atoms with Crippen molar-refractivity contribution in [1.82, 2.24) is 9.97 Å². The Balaban J connectivity index is 1.97. The number of nitrogens with zero attached hydrogens (tertiary/aromatic N) is 2. The van der Waals surface area contributed by atoms with Crippen LogP contribution in [0.4, 0.5) is 5.69 Å². The topological polar surface area (TPSA) is 58.2 Å². The number of aromatic nitrogens is 2. The van der Waals surface area contributed by atoms with Crippen LogP contribution in [0.15, 0.2) is 30.7 Å². The summed E-state index contributed by atoms with van der Waals surface area (Å²) in [4.78, 5) is 21.4. The smallest absolute Gasteiger partial charge is 0.226 e. The Bertz CT molecular complexity index is 735. The monoisotopic (exact) mass is 325 g/mol. The maximum atomic E-state index is 12.3. The van der Waals surface area contributed by atoms with Crippen molar-refractivity contribution in [2.24, 2.45) is 0 Å². The predicted octanol–water partition coefficient (Wildman–Crippen LogP) is 3.89. The van der Waals surface area contributed by atoms with Crippen molar-refractivity contribution in [2.75, 3.05) is 18.1 Å². The van der Waals surface area contributed by atoms with E-state index in [1.807, 2.05) is 30.9 Å². The molecule has 2 aromatic rings. The van der Waals surface area contributed by atoms with Gasteiger partial charge in [0.2, 0.25) is 5.91 Å². The van der Waals surface area contributed by atoms with Crippen LogP contribution in [0.25, 0.3) is 11.6 Å². The van der Waals surface area contributed by atoms with Crippen molar-refractivity contribution < 1.29 is 9.53 Å². The van der Waals surface area contributed by atoms with Gasteiger partial charge in [-0.2, -0.15) is 0 Å². The molecule has 0 saturated carbocycles. The minimum Gasteiger partial charge on any atom is -0.493 e. The highest BCUT2D eigenvalue weighted by atomic mass is 16.5. The lowest BCUT2D eigenvalue weighted by molar-refractivity contribution is -0.118. The third-order valence-electron chi connectivity index (χ3n) is 4.18. The second-order valence-electron chi connectivity index (χ2n) is 5.84. The minimum absolute atomic E-state index is 0.163. The first-order valence-electron chi connectivity index (χ1n) is 8.49. The van der Waals surface area contributed by atoms with Gasteiger partial charge in [-0.3, -0.25) is 4.79 Å². The van der Waals surface area contributed by atoms with Crippen molar-refractivity contribution >= 4 is 23.2 Å². The average molecular weight is 325 g/mol. The lowest BCUT2D eigenvalue weighted by atomic mass is 9.97. The summed E-state index contributed by atoms with van der Waals surface area (Å²) in [5, 5.41) is 0. The Morgan fingerprint density at radius 1 is 1.42 bits per heavy atom. The standard InChI is InChI=1S/C19H23N3O2/c1-3-5-19(23)22(4-2)16-6-7-18-17(11-16)14(8-9-24-18)10-15-12-20-13-21-15/h6-7,10-13H,3-5,8-9H2,1-2H3,(H,20,21). The number of imidazole rings is 1. The number of anilines is 1. The Kier molecular flexibility index (Phi) is 4.99. The van der Waals surface area contributed by atoms with E-state index in [9.17, 15) is 4.79 Å². The van der Waals surface area contributed by atoms with Gasteiger partial charge in [0.15, 0.2) is 0 Å². The number of ether oxygens (including phenoxy) is 1. The molecular weight excluding hydrogens is 302 g/mol. The number of fused-ring (bicyclic) bond motifs is 1. The second-order valence-corrected chi connectivity index (χ2v) is 5.84. The summed E-state index contributed by atoms with van der Waals surface area (Å²) in [5.74, 6) is 1.03. The van der Waals surface area contributed by atoms with Gasteiger partial charge in [0.25, 0.3) is 0 Å². The maximum absolute atomic E-state index is 12.3. The number of amides is 1. The Labute approximate surface area is 142 Å². The number of rotatable bonds is 5. The molecule has 0 radical (unpaired) electrons. The van der Waals surface area contributed by atoms with E-state index in [-0.39, 0.29) is 5.91 Å². The number of hydrogen-bond donors (Lipinski definition) is 1. The van der Waals surface area contributed by atoms with E-state index < -0.39 is 0 Å². The molecule has 0 fully saturated rings. The van der Waals surface area contributed by atoms with Crippen molar-refractivity contribution in [3.8, 4) is 5.75 Å². The van der Waals surface area contributed by atoms with Gasteiger partial charge in [-0.05, 0) is 43.2 Å². The fourth-order valence-electron chi connectivity index (χ4n) is 3.00. The van der Waals surface area contributed by atoms with Crippen LogP contribution in [-0.4, -0.2) is 29.0 Å². The Morgan fingerprint density at radius 3 is 3.00 bits per heavy atom. The fraction of sp³-hybridized carbons (Fsp3) is 0.368. The van der Waals surface area contributed by atoms with E-state index in [0.717, 1.165) is 35.5 Å². The third-order valence-corrected chi connectivity index (χ3v) is 4.18. The van der Waals surface area contributed by atoms with Gasteiger partial charge in [-0.1, -0.05) is 6.92 Å². The Morgan fingerprint density at radius 2 is 2.29 bits per heavy atom. The van der Waals surface area contributed by atoms with Crippen LogP contribution in [0.5, 0.6) is 5.75 Å². The van der Waals surface area contributed by atoms with Crippen molar-refractivity contribution in [3.05, 3.63) is 42.0 Å². The molecule has 1 amide bonds.